The average molecular weight is 276 g/mol. The quantitative estimate of drug-likeness (QED) is 0.655. The van der Waals surface area contributed by atoms with Crippen LogP contribution in [0.4, 0.5) is 0 Å². The summed E-state index contributed by atoms with van der Waals surface area (Å²) in [4.78, 5) is 2.57. The van der Waals surface area contributed by atoms with Crippen molar-refractivity contribution in [2.75, 3.05) is 26.2 Å². The van der Waals surface area contributed by atoms with Crippen LogP contribution >= 0.6 is 0 Å². The van der Waals surface area contributed by atoms with Gasteiger partial charge in [0.1, 0.15) is 0 Å². The van der Waals surface area contributed by atoms with Gasteiger partial charge in [0.25, 0.3) is 0 Å². The summed E-state index contributed by atoms with van der Waals surface area (Å²) in [5.41, 5.74) is 2.99. The average Bonchev–Trinajstić information content (AvgIpc) is 2.48. The van der Waals surface area contributed by atoms with E-state index in [0.717, 1.165) is 38.5 Å². The molecule has 1 rings (SSSR count). The van der Waals surface area contributed by atoms with Gasteiger partial charge in [-0.1, -0.05) is 58.4 Å². The number of benzene rings is 1. The van der Waals surface area contributed by atoms with Crippen molar-refractivity contribution in [3.63, 3.8) is 0 Å². The molecule has 0 spiro atoms. The van der Waals surface area contributed by atoms with Crippen molar-refractivity contribution in [3.8, 4) is 0 Å². The highest BCUT2D eigenvalue weighted by Gasteiger charge is 2.10. The van der Waals surface area contributed by atoms with Crippen molar-refractivity contribution in [1.82, 2.24) is 10.2 Å². The fraction of sp³-hybridized carbons (Fsp3) is 0.667. The van der Waals surface area contributed by atoms with E-state index in [2.05, 4.69) is 62.2 Å². The highest BCUT2D eigenvalue weighted by atomic mass is 15.1. The van der Waals surface area contributed by atoms with Crippen molar-refractivity contribution in [2.24, 2.45) is 5.92 Å². The Bertz CT molecular complexity index is 362. The van der Waals surface area contributed by atoms with Gasteiger partial charge in [0.05, 0.1) is 0 Å². The number of nitrogens with zero attached hydrogens (tertiary/aromatic N) is 1. The minimum Gasteiger partial charge on any atom is -0.317 e. The van der Waals surface area contributed by atoms with E-state index in [1.54, 1.807) is 0 Å². The van der Waals surface area contributed by atoms with Crippen LogP contribution in [0.5, 0.6) is 0 Å². The van der Waals surface area contributed by atoms with Crippen LogP contribution in [0.25, 0.3) is 0 Å². The molecule has 0 saturated carbocycles. The zero-order valence-corrected chi connectivity index (χ0v) is 13.8. The van der Waals surface area contributed by atoms with E-state index in [1.165, 1.54) is 24.1 Å². The Hall–Kier alpha value is -0.860. The molecule has 1 N–H and O–H groups in total. The van der Waals surface area contributed by atoms with Gasteiger partial charge in [0.15, 0.2) is 0 Å². The summed E-state index contributed by atoms with van der Waals surface area (Å²) in [6, 6.07) is 8.91. The van der Waals surface area contributed by atoms with Crippen LogP contribution in [-0.2, 0) is 13.0 Å². The highest BCUT2D eigenvalue weighted by Crippen LogP contribution is 2.14. The van der Waals surface area contributed by atoms with Gasteiger partial charge in [-0.3, -0.25) is 4.90 Å². The molecule has 0 aromatic heterocycles. The molecule has 20 heavy (non-hydrogen) atoms. The Morgan fingerprint density at radius 1 is 1.10 bits per heavy atom. The van der Waals surface area contributed by atoms with E-state index in [0.29, 0.717) is 0 Å². The Kier molecular flexibility index (Phi) is 8.56. The lowest BCUT2D eigenvalue weighted by molar-refractivity contribution is 0.237. The van der Waals surface area contributed by atoms with Gasteiger partial charge < -0.3 is 5.32 Å². The van der Waals surface area contributed by atoms with E-state index in [4.69, 9.17) is 0 Å². The van der Waals surface area contributed by atoms with Crippen molar-refractivity contribution in [2.45, 2.75) is 47.1 Å². The Morgan fingerprint density at radius 3 is 2.40 bits per heavy atom. The third-order valence-electron chi connectivity index (χ3n) is 4.05. The summed E-state index contributed by atoms with van der Waals surface area (Å²) < 4.78 is 0. The summed E-state index contributed by atoms with van der Waals surface area (Å²) >= 11 is 0. The number of hydrogen-bond acceptors (Lipinski definition) is 2. The van der Waals surface area contributed by atoms with E-state index < -0.39 is 0 Å². The molecule has 0 amide bonds. The maximum atomic E-state index is 3.42. The van der Waals surface area contributed by atoms with E-state index in [1.807, 2.05) is 0 Å². The van der Waals surface area contributed by atoms with Crippen molar-refractivity contribution >= 4 is 0 Å². The van der Waals surface area contributed by atoms with Gasteiger partial charge in [-0.25, -0.2) is 0 Å². The molecule has 0 saturated heterocycles. The summed E-state index contributed by atoms with van der Waals surface area (Å²) in [6.45, 7) is 14.6. The topological polar surface area (TPSA) is 15.3 Å². The zero-order valence-electron chi connectivity index (χ0n) is 13.8. The summed E-state index contributed by atoms with van der Waals surface area (Å²) in [7, 11) is 0. The normalized spacial score (nSPS) is 12.8. The molecule has 2 nitrogen and oxygen atoms in total. The number of nitrogens with one attached hydrogen (secondary N) is 1. The molecule has 0 heterocycles. The number of likely N-dealkylation sites (N-methyl/N-ethyl adjacent to an activating group) is 1. The first-order chi connectivity index (χ1) is 9.71. The lowest BCUT2D eigenvalue weighted by atomic mass is 10.0. The molecule has 2 heteroatoms. The second-order valence-electron chi connectivity index (χ2n) is 5.71. The first-order valence-corrected chi connectivity index (χ1v) is 8.21. The predicted octanol–water partition coefficient (Wildman–Crippen LogP) is 3.71. The molecule has 0 aliphatic rings. The maximum absolute atomic E-state index is 3.42. The van der Waals surface area contributed by atoms with Crippen LogP contribution < -0.4 is 5.32 Å². The van der Waals surface area contributed by atoms with Gasteiger partial charge in [-0.05, 0) is 43.1 Å². The lowest BCUT2D eigenvalue weighted by Gasteiger charge is -2.25. The lowest BCUT2D eigenvalue weighted by Crippen LogP contribution is -2.28. The fourth-order valence-corrected chi connectivity index (χ4v) is 2.47. The standard InChI is InChI=1S/C18H32N2/c1-5-16(4)14-20(7-3)15-18-11-9-8-10-17(18)12-13-19-6-2/h8-11,16,19H,5-7,12-15H2,1-4H3. The smallest absolute Gasteiger partial charge is 0.0236 e. The molecule has 0 aliphatic carbocycles. The minimum atomic E-state index is 0.781. The molecule has 0 bridgehead atoms. The monoisotopic (exact) mass is 276 g/mol. The first-order valence-electron chi connectivity index (χ1n) is 8.21. The molecule has 1 aromatic rings. The van der Waals surface area contributed by atoms with Crippen LogP contribution in [0.2, 0.25) is 0 Å². The SMILES string of the molecule is CCNCCc1ccccc1CN(CC)CC(C)CC. The zero-order chi connectivity index (χ0) is 14.8. The molecule has 1 unspecified atom stereocenters. The van der Waals surface area contributed by atoms with Crippen LogP contribution in [0, 0.1) is 5.92 Å². The summed E-state index contributed by atoms with van der Waals surface area (Å²) in [5, 5.41) is 3.42. The number of rotatable bonds is 10. The molecule has 0 aliphatic heterocycles. The van der Waals surface area contributed by atoms with Gasteiger partial charge in [0.2, 0.25) is 0 Å². The minimum absolute atomic E-state index is 0.781. The van der Waals surface area contributed by atoms with E-state index >= 15 is 0 Å². The fourth-order valence-electron chi connectivity index (χ4n) is 2.47. The molecular weight excluding hydrogens is 244 g/mol. The summed E-state index contributed by atoms with van der Waals surface area (Å²) in [5.74, 6) is 0.781. The van der Waals surface area contributed by atoms with Gasteiger partial charge in [-0.2, -0.15) is 0 Å². The Morgan fingerprint density at radius 2 is 1.80 bits per heavy atom. The van der Waals surface area contributed by atoms with Crippen LogP contribution in [-0.4, -0.2) is 31.1 Å². The van der Waals surface area contributed by atoms with Gasteiger partial charge in [-0.15, -0.1) is 0 Å². The molecule has 0 fully saturated rings. The van der Waals surface area contributed by atoms with Gasteiger partial charge in [0, 0.05) is 13.1 Å². The second kappa shape index (κ2) is 9.95. The van der Waals surface area contributed by atoms with Crippen LogP contribution in [0.3, 0.4) is 0 Å². The Labute approximate surface area is 125 Å². The Balaban J connectivity index is 2.64. The molecule has 1 aromatic carbocycles. The predicted molar refractivity (Wildman–Crippen MR) is 89.1 cm³/mol. The first kappa shape index (κ1) is 17.2. The summed E-state index contributed by atoms with van der Waals surface area (Å²) in [6.07, 6.45) is 2.39. The molecule has 114 valence electrons. The van der Waals surface area contributed by atoms with Crippen LogP contribution in [0.15, 0.2) is 24.3 Å². The largest absolute Gasteiger partial charge is 0.317 e. The maximum Gasteiger partial charge on any atom is 0.0236 e. The van der Waals surface area contributed by atoms with Crippen molar-refractivity contribution in [3.05, 3.63) is 35.4 Å². The number of hydrogen-bond donors (Lipinski definition) is 1. The van der Waals surface area contributed by atoms with Crippen molar-refractivity contribution < 1.29 is 0 Å². The third-order valence-corrected chi connectivity index (χ3v) is 4.05. The molecule has 1 atom stereocenters. The van der Waals surface area contributed by atoms with Gasteiger partial charge >= 0.3 is 0 Å². The second-order valence-corrected chi connectivity index (χ2v) is 5.71. The third kappa shape index (κ3) is 6.06. The van der Waals surface area contributed by atoms with E-state index in [-0.39, 0.29) is 0 Å². The molecular formula is C18H32N2. The van der Waals surface area contributed by atoms with Crippen molar-refractivity contribution in [1.29, 1.82) is 0 Å². The molecule has 0 radical (unpaired) electrons. The highest BCUT2D eigenvalue weighted by molar-refractivity contribution is 5.27. The van der Waals surface area contributed by atoms with Crippen LogP contribution in [0.1, 0.15) is 45.2 Å². The van der Waals surface area contributed by atoms with E-state index in [9.17, 15) is 0 Å².